The number of nitrogens with one attached hydrogen (secondary N) is 2. The molecule has 18 heteroatoms. The Morgan fingerprint density at radius 1 is 1.10 bits per heavy atom. The highest BCUT2D eigenvalue weighted by Gasteiger charge is 2.64. The Kier molecular flexibility index (Phi) is 10.7. The Balaban J connectivity index is 1.12. The summed E-state index contributed by atoms with van der Waals surface area (Å²) in [7, 11) is -4.05. The Bertz CT molecular complexity index is 2190. The second-order valence-corrected chi connectivity index (χ2v) is 19.6. The molecule has 59 heavy (non-hydrogen) atoms. The minimum Gasteiger partial charge on any atom is -0.483 e. The summed E-state index contributed by atoms with van der Waals surface area (Å²) >= 11 is 0. The molecule has 0 unspecified atom stereocenters. The second kappa shape index (κ2) is 15.2. The average molecular weight is 847 g/mol. The number of aromatic nitrogens is 1. The molecule has 1 spiro atoms. The fourth-order valence-electron chi connectivity index (χ4n) is 8.85. The summed E-state index contributed by atoms with van der Waals surface area (Å²) < 4.78 is 88.7. The maximum absolute atomic E-state index is 14.8. The Morgan fingerprint density at radius 2 is 1.88 bits per heavy atom. The predicted molar refractivity (Wildman–Crippen MR) is 204 cm³/mol. The lowest BCUT2D eigenvalue weighted by molar-refractivity contribution is -0.274. The van der Waals surface area contributed by atoms with Gasteiger partial charge in [0.1, 0.15) is 28.7 Å². The number of hydrogen-bond donors (Lipinski definition) is 2. The highest BCUT2D eigenvalue weighted by Crippen LogP contribution is 2.49. The lowest BCUT2D eigenvalue weighted by atomic mass is 9.87. The van der Waals surface area contributed by atoms with Crippen LogP contribution >= 0.6 is 0 Å². The summed E-state index contributed by atoms with van der Waals surface area (Å²) in [5.41, 5.74) is -1.23. The number of amides is 3. The van der Waals surface area contributed by atoms with Crippen LogP contribution in [0.15, 0.2) is 30.4 Å². The fraction of sp³-hybridized carbons (Fsp3) is 0.634. The zero-order valence-corrected chi connectivity index (χ0v) is 33.8. The highest BCUT2D eigenvalue weighted by molar-refractivity contribution is 7.91. The molecule has 0 radical (unpaired) electrons. The van der Waals surface area contributed by atoms with E-state index in [1.807, 2.05) is 12.2 Å². The highest BCUT2D eigenvalue weighted by atomic mass is 32.2. The molecule has 4 aliphatic heterocycles. The lowest BCUT2D eigenvalue weighted by Crippen LogP contribution is -2.57. The molecule has 2 aromatic rings. The number of sulfonamides is 1. The number of carbonyl (C=O) groups is 4. The van der Waals surface area contributed by atoms with Gasteiger partial charge in [0.2, 0.25) is 21.8 Å². The number of nitrogens with zero attached hydrogens (tertiary/aromatic N) is 2. The summed E-state index contributed by atoms with van der Waals surface area (Å²) in [6.07, 6.45) is 3.31. The van der Waals surface area contributed by atoms with Crippen LogP contribution in [0.3, 0.4) is 0 Å². The summed E-state index contributed by atoms with van der Waals surface area (Å²) in [6, 6.07) is 2.71. The van der Waals surface area contributed by atoms with E-state index in [2.05, 4.69) is 19.8 Å². The molecule has 0 bridgehead atoms. The Morgan fingerprint density at radius 3 is 2.59 bits per heavy atom. The van der Waals surface area contributed by atoms with E-state index in [0.717, 1.165) is 12.8 Å². The number of benzene rings is 1. The average Bonchev–Trinajstić information content (AvgIpc) is 4.04. The van der Waals surface area contributed by atoms with Crippen LogP contribution in [0, 0.1) is 24.7 Å². The molecule has 3 amide bonds. The summed E-state index contributed by atoms with van der Waals surface area (Å²) in [6.45, 7) is 4.34. The Labute approximate surface area is 340 Å². The first kappa shape index (κ1) is 41.3. The molecular weight excluding hydrogens is 798 g/mol. The maximum atomic E-state index is 14.8. The topological polar surface area (TPSA) is 180 Å². The molecule has 1 aromatic carbocycles. The third-order valence-electron chi connectivity index (χ3n) is 12.9. The molecule has 8 rings (SSSR count). The monoisotopic (exact) mass is 846 g/mol. The van der Waals surface area contributed by atoms with E-state index in [9.17, 15) is 40.8 Å². The van der Waals surface area contributed by atoms with Gasteiger partial charge in [0.05, 0.1) is 48.7 Å². The van der Waals surface area contributed by atoms with Gasteiger partial charge < -0.3 is 29.2 Å². The van der Waals surface area contributed by atoms with Gasteiger partial charge in [-0.2, -0.15) is 0 Å². The van der Waals surface area contributed by atoms with E-state index < -0.39 is 79.6 Å². The molecule has 4 fully saturated rings. The molecule has 6 aliphatic rings. The van der Waals surface area contributed by atoms with Gasteiger partial charge in [-0.1, -0.05) is 25.0 Å². The van der Waals surface area contributed by atoms with Crippen molar-refractivity contribution in [2.24, 2.45) is 17.8 Å². The van der Waals surface area contributed by atoms with Crippen molar-refractivity contribution in [1.82, 2.24) is 19.9 Å². The third-order valence-corrected chi connectivity index (χ3v) is 15.0. The van der Waals surface area contributed by atoms with Gasteiger partial charge in [0, 0.05) is 35.1 Å². The Hall–Kier alpha value is -4.45. The van der Waals surface area contributed by atoms with Gasteiger partial charge in [-0.05, 0) is 83.4 Å². The van der Waals surface area contributed by atoms with E-state index in [0.29, 0.717) is 79.6 Å². The van der Waals surface area contributed by atoms with E-state index in [1.54, 1.807) is 13.8 Å². The van der Waals surface area contributed by atoms with Crippen molar-refractivity contribution in [3.63, 3.8) is 0 Å². The molecule has 2 saturated carbocycles. The van der Waals surface area contributed by atoms with Gasteiger partial charge >= 0.3 is 12.3 Å². The van der Waals surface area contributed by atoms with Crippen LogP contribution in [0.2, 0.25) is 0 Å². The third kappa shape index (κ3) is 8.35. The normalized spacial score (nSPS) is 30.0. The van der Waals surface area contributed by atoms with Crippen molar-refractivity contribution < 1.29 is 59.7 Å². The fourth-order valence-corrected chi connectivity index (χ4v) is 10.2. The summed E-state index contributed by atoms with van der Waals surface area (Å²) in [5, 5.41) is 3.30. The number of rotatable bonds is 8. The number of carbonyl (C=O) groups excluding carboxylic acids is 4. The van der Waals surface area contributed by atoms with E-state index >= 15 is 0 Å². The van der Waals surface area contributed by atoms with Gasteiger partial charge in [0.15, 0.2) is 0 Å². The number of esters is 1. The van der Waals surface area contributed by atoms with Crippen molar-refractivity contribution in [3.8, 4) is 11.5 Å². The van der Waals surface area contributed by atoms with E-state index in [1.165, 1.54) is 23.1 Å². The zero-order valence-electron chi connectivity index (χ0n) is 33.0. The molecule has 2 N–H and O–H groups in total. The SMILES string of the molecule is Cc1nc2ccc(OC(F)(F)F)cc2c2c1O[C@]1(CC2)C[C@H]2C(=O)N[C@]3(C(=O)NS(=O)(=O)C4(C)CC4)C[C@H]3/C=C\CCCCC[C@H](CC(=O)OCC3COC3)C(=O)N2C1. The van der Waals surface area contributed by atoms with Crippen molar-refractivity contribution in [3.05, 3.63) is 41.6 Å². The van der Waals surface area contributed by atoms with E-state index in [-0.39, 0.29) is 44.8 Å². The molecule has 2 saturated heterocycles. The number of allylic oxidation sites excluding steroid dienone is 1. The smallest absolute Gasteiger partial charge is 0.483 e. The molecular formula is C41H49F3N4O10S. The summed E-state index contributed by atoms with van der Waals surface area (Å²) in [4.78, 5) is 62.6. The molecule has 1 aromatic heterocycles. The lowest BCUT2D eigenvalue weighted by Gasteiger charge is -2.36. The molecule has 5 heterocycles. The number of alkyl halides is 3. The molecule has 14 nitrogen and oxygen atoms in total. The van der Waals surface area contributed by atoms with Crippen LogP contribution in [0.1, 0.15) is 88.8 Å². The zero-order chi connectivity index (χ0) is 42.0. The van der Waals surface area contributed by atoms with Gasteiger partial charge in [-0.3, -0.25) is 23.9 Å². The summed E-state index contributed by atoms with van der Waals surface area (Å²) in [5.74, 6) is -3.84. The number of hydrogen-bond acceptors (Lipinski definition) is 11. The van der Waals surface area contributed by atoms with Crippen molar-refractivity contribution >= 4 is 44.6 Å². The minimum absolute atomic E-state index is 0.0217. The number of aryl methyl sites for hydroxylation is 2. The number of fused-ring (bicyclic) bond motifs is 5. The molecule has 320 valence electrons. The second-order valence-electron chi connectivity index (χ2n) is 17.4. The minimum atomic E-state index is -4.90. The van der Waals surface area contributed by atoms with Crippen LogP contribution in [0.25, 0.3) is 10.9 Å². The van der Waals surface area contributed by atoms with Crippen LogP contribution in [0.5, 0.6) is 11.5 Å². The van der Waals surface area contributed by atoms with Crippen molar-refractivity contribution in [2.45, 2.75) is 119 Å². The predicted octanol–water partition coefficient (Wildman–Crippen LogP) is 4.70. The van der Waals surface area contributed by atoms with E-state index in [4.69, 9.17) is 14.2 Å². The first-order chi connectivity index (χ1) is 27.9. The molecule has 2 aliphatic carbocycles. The van der Waals surface area contributed by atoms with Crippen molar-refractivity contribution in [1.29, 1.82) is 0 Å². The largest absolute Gasteiger partial charge is 0.573 e. The molecule has 5 atom stereocenters. The van der Waals surface area contributed by atoms with Crippen LogP contribution < -0.4 is 19.5 Å². The quantitative estimate of drug-likeness (QED) is 0.278. The van der Waals surface area contributed by atoms with Crippen molar-refractivity contribution in [2.75, 3.05) is 26.4 Å². The van der Waals surface area contributed by atoms with Gasteiger partial charge in [-0.15, -0.1) is 13.2 Å². The first-order valence-corrected chi connectivity index (χ1v) is 21.9. The number of halogens is 3. The van der Waals surface area contributed by atoms with Crippen LogP contribution in [-0.4, -0.2) is 96.6 Å². The van der Waals surface area contributed by atoms with Gasteiger partial charge in [-0.25, -0.2) is 13.4 Å². The first-order valence-electron chi connectivity index (χ1n) is 20.4. The standard InChI is InChI=1S/C41H49F3N4O10S/c1-24-34-29(30-17-28(57-41(42,43)44)10-11-31(30)45-24)12-13-39(58-34)19-32-35(50)46-40(37(52)47-59(53,54)38(2)14-15-38)18-27(40)9-7-5-3-4-6-8-26(36(51)48(32)23-39)16-33(49)56-22-25-20-55-21-25/h7,9-11,17,25-27,32H,3-6,8,12-16,18-23H2,1-2H3,(H,46,50)(H,47,52)/b9-7-/t26-,27-,32+,39-,40-/m1/s1. The van der Waals surface area contributed by atoms with Crippen LogP contribution in [0.4, 0.5) is 13.2 Å². The van der Waals surface area contributed by atoms with Gasteiger partial charge in [0.25, 0.3) is 5.91 Å². The number of ether oxygens (including phenoxy) is 4. The number of pyridine rings is 1. The maximum Gasteiger partial charge on any atom is 0.573 e. The van der Waals surface area contributed by atoms with Crippen LogP contribution in [-0.2, 0) is 45.1 Å².